The normalized spacial score (nSPS) is 24.6. The maximum atomic E-state index is 11.8. The van der Waals surface area contributed by atoms with Crippen molar-refractivity contribution < 1.29 is 14.4 Å². The fourth-order valence-corrected chi connectivity index (χ4v) is 1.38. The van der Waals surface area contributed by atoms with E-state index in [0.29, 0.717) is 24.9 Å². The summed E-state index contributed by atoms with van der Waals surface area (Å²) >= 11 is 0. The zero-order chi connectivity index (χ0) is 12.3. The third-order valence-corrected chi connectivity index (χ3v) is 2.53. The summed E-state index contributed by atoms with van der Waals surface area (Å²) in [6.45, 7) is 10.2. The molecule has 1 unspecified atom stereocenters. The van der Waals surface area contributed by atoms with E-state index in [1.54, 1.807) is 6.92 Å². The monoisotopic (exact) mass is 227 g/mol. The van der Waals surface area contributed by atoms with Crippen molar-refractivity contribution in [2.45, 2.75) is 46.6 Å². The molecule has 1 atom stereocenters. The van der Waals surface area contributed by atoms with Gasteiger partial charge in [-0.15, -0.1) is 0 Å². The number of oxime groups is 1. The van der Waals surface area contributed by atoms with Crippen LogP contribution in [0.5, 0.6) is 0 Å². The second-order valence-corrected chi connectivity index (χ2v) is 5.23. The fourth-order valence-electron chi connectivity index (χ4n) is 1.38. The fraction of sp³-hybridized carbons (Fsp3) is 0.833. The number of nitrogens with zero attached hydrogens (tertiary/aromatic N) is 1. The second-order valence-electron chi connectivity index (χ2n) is 5.23. The molecule has 1 rings (SSSR count). The Bertz CT molecular complexity index is 297. The summed E-state index contributed by atoms with van der Waals surface area (Å²) in [4.78, 5) is 17.0. The molecule has 1 aliphatic heterocycles. The number of carbonyl (C=O) groups excluding carboxylic acids is 1. The molecule has 0 aromatic rings. The maximum absolute atomic E-state index is 11.8. The van der Waals surface area contributed by atoms with Crippen molar-refractivity contribution in [2.24, 2.45) is 17.0 Å². The lowest BCUT2D eigenvalue weighted by Crippen LogP contribution is -2.38. The van der Waals surface area contributed by atoms with Crippen LogP contribution in [0.2, 0.25) is 0 Å². The van der Waals surface area contributed by atoms with Crippen LogP contribution in [0.3, 0.4) is 0 Å². The highest BCUT2D eigenvalue weighted by atomic mass is 16.7. The predicted octanol–water partition coefficient (Wildman–Crippen LogP) is 2.38. The summed E-state index contributed by atoms with van der Waals surface area (Å²) in [5.41, 5.74) is -0.00176. The van der Waals surface area contributed by atoms with Gasteiger partial charge in [-0.25, -0.2) is 4.79 Å². The average molecular weight is 227 g/mol. The Morgan fingerprint density at radius 3 is 2.56 bits per heavy atom. The van der Waals surface area contributed by atoms with Crippen LogP contribution in [0.15, 0.2) is 5.16 Å². The smallest absolute Gasteiger partial charge is 0.353 e. The molecule has 1 heterocycles. The highest BCUT2D eigenvalue weighted by Gasteiger charge is 2.43. The molecule has 0 bridgehead atoms. The number of hydrogen-bond donors (Lipinski definition) is 0. The first-order valence-corrected chi connectivity index (χ1v) is 5.77. The summed E-state index contributed by atoms with van der Waals surface area (Å²) in [6, 6.07) is 0. The first-order chi connectivity index (χ1) is 7.35. The number of esters is 1. The molecule has 0 fully saturated rings. The van der Waals surface area contributed by atoms with E-state index in [9.17, 15) is 4.79 Å². The molecule has 1 aliphatic rings. The van der Waals surface area contributed by atoms with E-state index in [-0.39, 0.29) is 5.97 Å². The lowest BCUT2D eigenvalue weighted by Gasteiger charge is -2.20. The first kappa shape index (κ1) is 13.0. The molecule has 92 valence electrons. The molecule has 4 heteroatoms. The average Bonchev–Trinajstić information content (AvgIpc) is 2.58. The summed E-state index contributed by atoms with van der Waals surface area (Å²) in [7, 11) is 0. The van der Waals surface area contributed by atoms with Crippen molar-refractivity contribution in [2.75, 3.05) is 6.61 Å². The van der Waals surface area contributed by atoms with Crippen LogP contribution >= 0.6 is 0 Å². The molecular weight excluding hydrogens is 206 g/mol. The highest BCUT2D eigenvalue weighted by Crippen LogP contribution is 2.27. The minimum absolute atomic E-state index is 0.305. The molecule has 16 heavy (non-hydrogen) atoms. The summed E-state index contributed by atoms with van der Waals surface area (Å²) < 4.78 is 5.18. The molecule has 0 aromatic heterocycles. The van der Waals surface area contributed by atoms with E-state index in [0.717, 1.165) is 5.71 Å². The Morgan fingerprint density at radius 1 is 1.50 bits per heavy atom. The van der Waals surface area contributed by atoms with E-state index < -0.39 is 5.60 Å². The van der Waals surface area contributed by atoms with Gasteiger partial charge in [0.2, 0.25) is 5.60 Å². The SMILES string of the molecule is CC(C)COC(=O)C1(C)CC(C(C)C)=NO1. The molecule has 0 N–H and O–H groups in total. The standard InChI is InChI=1S/C12H21NO3/c1-8(2)7-15-11(14)12(5)6-10(9(3)4)13-16-12/h8-9H,6-7H2,1-5H3. The molecule has 0 aromatic carbocycles. The van der Waals surface area contributed by atoms with Gasteiger partial charge in [0.1, 0.15) is 0 Å². The van der Waals surface area contributed by atoms with E-state index in [4.69, 9.17) is 9.57 Å². The van der Waals surface area contributed by atoms with Crippen molar-refractivity contribution in [3.63, 3.8) is 0 Å². The van der Waals surface area contributed by atoms with Crippen LogP contribution in [0.25, 0.3) is 0 Å². The number of rotatable bonds is 4. The summed E-state index contributed by atoms with van der Waals surface area (Å²) in [5.74, 6) is 0.319. The molecule has 0 saturated carbocycles. The van der Waals surface area contributed by atoms with Crippen molar-refractivity contribution in [1.82, 2.24) is 0 Å². The van der Waals surface area contributed by atoms with Gasteiger partial charge in [0, 0.05) is 6.42 Å². The van der Waals surface area contributed by atoms with Gasteiger partial charge in [-0.05, 0) is 18.8 Å². The quantitative estimate of drug-likeness (QED) is 0.693. The number of hydrogen-bond acceptors (Lipinski definition) is 4. The lowest BCUT2D eigenvalue weighted by molar-refractivity contribution is -0.168. The lowest BCUT2D eigenvalue weighted by atomic mass is 9.94. The Labute approximate surface area is 97.0 Å². The van der Waals surface area contributed by atoms with Gasteiger partial charge in [0.15, 0.2) is 0 Å². The molecule has 4 nitrogen and oxygen atoms in total. The minimum atomic E-state index is -0.922. The van der Waals surface area contributed by atoms with Crippen LogP contribution < -0.4 is 0 Å². The van der Waals surface area contributed by atoms with Crippen molar-refractivity contribution in [3.05, 3.63) is 0 Å². The van der Waals surface area contributed by atoms with Crippen molar-refractivity contribution in [3.8, 4) is 0 Å². The van der Waals surface area contributed by atoms with E-state index >= 15 is 0 Å². The van der Waals surface area contributed by atoms with Crippen molar-refractivity contribution in [1.29, 1.82) is 0 Å². The van der Waals surface area contributed by atoms with Gasteiger partial charge >= 0.3 is 5.97 Å². The number of ether oxygens (including phenoxy) is 1. The van der Waals surface area contributed by atoms with Crippen LogP contribution in [0.1, 0.15) is 41.0 Å². The van der Waals surface area contributed by atoms with E-state index in [1.165, 1.54) is 0 Å². The molecule has 0 amide bonds. The van der Waals surface area contributed by atoms with Crippen LogP contribution in [0, 0.1) is 11.8 Å². The zero-order valence-electron chi connectivity index (χ0n) is 10.7. The van der Waals surface area contributed by atoms with Gasteiger partial charge in [0.05, 0.1) is 12.3 Å². The highest BCUT2D eigenvalue weighted by molar-refractivity contribution is 5.94. The van der Waals surface area contributed by atoms with Gasteiger partial charge in [0.25, 0.3) is 0 Å². The topological polar surface area (TPSA) is 47.9 Å². The maximum Gasteiger partial charge on any atom is 0.353 e. The molecular formula is C12H21NO3. The van der Waals surface area contributed by atoms with Crippen LogP contribution in [0.4, 0.5) is 0 Å². The third kappa shape index (κ3) is 2.97. The summed E-state index contributed by atoms with van der Waals surface area (Å²) in [5, 5.41) is 3.95. The van der Waals surface area contributed by atoms with Gasteiger partial charge in [-0.1, -0.05) is 32.9 Å². The Balaban J connectivity index is 2.52. The van der Waals surface area contributed by atoms with Crippen molar-refractivity contribution >= 4 is 11.7 Å². The van der Waals surface area contributed by atoms with Crippen LogP contribution in [-0.2, 0) is 14.4 Å². The first-order valence-electron chi connectivity index (χ1n) is 5.77. The van der Waals surface area contributed by atoms with Gasteiger partial charge in [-0.2, -0.15) is 0 Å². The minimum Gasteiger partial charge on any atom is -0.462 e. The third-order valence-electron chi connectivity index (χ3n) is 2.53. The van der Waals surface area contributed by atoms with E-state index in [1.807, 2.05) is 27.7 Å². The van der Waals surface area contributed by atoms with E-state index in [2.05, 4.69) is 5.16 Å². The molecule has 0 aliphatic carbocycles. The predicted molar refractivity (Wildman–Crippen MR) is 62.2 cm³/mol. The molecule has 0 radical (unpaired) electrons. The largest absolute Gasteiger partial charge is 0.462 e. The second kappa shape index (κ2) is 4.85. The van der Waals surface area contributed by atoms with Gasteiger partial charge < -0.3 is 9.57 Å². The Morgan fingerprint density at radius 2 is 2.12 bits per heavy atom. The van der Waals surface area contributed by atoms with Crippen LogP contribution in [-0.4, -0.2) is 23.9 Å². The number of carbonyl (C=O) groups is 1. The summed E-state index contributed by atoms with van der Waals surface area (Å²) in [6.07, 6.45) is 0.529. The zero-order valence-corrected chi connectivity index (χ0v) is 10.7. The molecule has 0 spiro atoms. The Hall–Kier alpha value is -1.06. The molecule has 0 saturated heterocycles. The Kier molecular flexibility index (Phi) is 3.94. The van der Waals surface area contributed by atoms with Gasteiger partial charge in [-0.3, -0.25) is 0 Å².